The van der Waals surface area contributed by atoms with Crippen molar-refractivity contribution < 1.29 is 19.3 Å². The molecule has 3 amide bonds. The van der Waals surface area contributed by atoms with E-state index >= 15 is 0 Å². The highest BCUT2D eigenvalue weighted by Crippen LogP contribution is 2.30. The van der Waals surface area contributed by atoms with Gasteiger partial charge in [0.15, 0.2) is 0 Å². The molecule has 182 valence electrons. The zero-order valence-electron chi connectivity index (χ0n) is 19.1. The second-order valence-electron chi connectivity index (χ2n) is 8.06. The van der Waals surface area contributed by atoms with Gasteiger partial charge in [0.05, 0.1) is 16.2 Å². The number of anilines is 3. The molecule has 4 aromatic rings. The van der Waals surface area contributed by atoms with Gasteiger partial charge in [-0.25, -0.2) is 9.97 Å². The van der Waals surface area contributed by atoms with E-state index in [-0.39, 0.29) is 11.1 Å². The predicted molar refractivity (Wildman–Crippen MR) is 134 cm³/mol. The third kappa shape index (κ3) is 4.73. The van der Waals surface area contributed by atoms with E-state index in [1.165, 1.54) is 18.5 Å². The van der Waals surface area contributed by atoms with Gasteiger partial charge in [-0.3, -0.25) is 29.4 Å². The van der Waals surface area contributed by atoms with E-state index in [4.69, 9.17) is 0 Å². The molecule has 0 spiro atoms. The van der Waals surface area contributed by atoms with Crippen molar-refractivity contribution in [2.45, 2.75) is 0 Å². The summed E-state index contributed by atoms with van der Waals surface area (Å²) in [5.74, 6) is -1.66. The Morgan fingerprint density at radius 2 is 1.62 bits per heavy atom. The van der Waals surface area contributed by atoms with Crippen molar-refractivity contribution in [3.8, 4) is 11.3 Å². The lowest BCUT2D eigenvalue weighted by atomic mass is 10.1. The molecule has 5 rings (SSSR count). The summed E-state index contributed by atoms with van der Waals surface area (Å²) in [5.41, 5.74) is 2.00. The molecule has 0 bridgehead atoms. The molecule has 0 atom stereocenters. The fourth-order valence-electron chi connectivity index (χ4n) is 3.93. The molecule has 11 nitrogen and oxygen atoms in total. The number of nitro benzene ring substituents is 1. The van der Waals surface area contributed by atoms with Crippen molar-refractivity contribution in [2.75, 3.05) is 17.2 Å². The van der Waals surface area contributed by atoms with Gasteiger partial charge in [0, 0.05) is 29.1 Å². The van der Waals surface area contributed by atoms with Crippen molar-refractivity contribution in [1.29, 1.82) is 0 Å². The Kier molecular flexibility index (Phi) is 6.08. The third-order valence-electron chi connectivity index (χ3n) is 5.65. The van der Waals surface area contributed by atoms with Crippen LogP contribution in [0.2, 0.25) is 0 Å². The molecule has 0 fully saturated rings. The molecule has 1 aliphatic rings. The first-order valence-corrected chi connectivity index (χ1v) is 11.1. The second kappa shape index (κ2) is 9.66. The van der Waals surface area contributed by atoms with Crippen LogP contribution in [0.5, 0.6) is 0 Å². The van der Waals surface area contributed by atoms with Crippen LogP contribution in [0, 0.1) is 10.1 Å². The molecular weight excluding hydrogens is 476 g/mol. The number of hydrogen-bond donors (Lipinski definition) is 2. The van der Waals surface area contributed by atoms with Crippen molar-refractivity contribution in [2.24, 2.45) is 0 Å². The van der Waals surface area contributed by atoms with Gasteiger partial charge in [-0.15, -0.1) is 0 Å². The number of fused-ring (bicyclic) bond motifs is 1. The molecule has 0 saturated carbocycles. The number of imide groups is 1. The second-order valence-corrected chi connectivity index (χ2v) is 8.06. The summed E-state index contributed by atoms with van der Waals surface area (Å²) in [6.45, 7) is -0.577. The van der Waals surface area contributed by atoms with Crippen LogP contribution in [0.3, 0.4) is 0 Å². The first-order chi connectivity index (χ1) is 17.9. The highest BCUT2D eigenvalue weighted by molar-refractivity contribution is 6.24. The van der Waals surface area contributed by atoms with Crippen molar-refractivity contribution in [3.05, 3.63) is 106 Å². The molecule has 37 heavy (non-hydrogen) atoms. The lowest BCUT2D eigenvalue weighted by Gasteiger charge is -2.14. The first kappa shape index (κ1) is 23.3. The van der Waals surface area contributed by atoms with Crippen LogP contribution in [-0.2, 0) is 4.79 Å². The number of nitrogens with one attached hydrogen (secondary N) is 2. The summed E-state index contributed by atoms with van der Waals surface area (Å²) in [6, 6.07) is 22.0. The monoisotopic (exact) mass is 494 g/mol. The van der Waals surface area contributed by atoms with Gasteiger partial charge in [-0.1, -0.05) is 36.4 Å². The molecule has 1 aromatic heterocycles. The lowest BCUT2D eigenvalue weighted by molar-refractivity contribution is -0.385. The highest BCUT2D eigenvalue weighted by atomic mass is 16.6. The number of nitrogens with zero attached hydrogens (tertiary/aromatic N) is 4. The topological polar surface area (TPSA) is 147 Å². The summed E-state index contributed by atoms with van der Waals surface area (Å²) in [4.78, 5) is 57.5. The highest BCUT2D eigenvalue weighted by Gasteiger charge is 2.41. The van der Waals surface area contributed by atoms with E-state index < -0.39 is 34.9 Å². The van der Waals surface area contributed by atoms with Crippen molar-refractivity contribution in [1.82, 2.24) is 14.9 Å². The van der Waals surface area contributed by atoms with Crippen LogP contribution in [-0.4, -0.2) is 44.1 Å². The van der Waals surface area contributed by atoms with E-state index in [2.05, 4.69) is 20.6 Å². The van der Waals surface area contributed by atoms with E-state index in [0.29, 0.717) is 22.1 Å². The number of nitro groups is 1. The number of rotatable bonds is 7. The minimum Gasteiger partial charge on any atom is -0.340 e. The Balaban J connectivity index is 1.23. The maximum Gasteiger partial charge on any atom is 0.282 e. The minimum absolute atomic E-state index is 0.0948. The first-order valence-electron chi connectivity index (χ1n) is 11.1. The Bertz CT molecular complexity index is 1540. The SMILES string of the molecule is O=C(CN1C(=O)c2cccc([N+](=O)[O-])c2C1=O)Nc1ccc(Nc2cc(-c3ccccc3)ncn2)cc1. The van der Waals surface area contributed by atoms with E-state index in [1.807, 2.05) is 36.4 Å². The number of amides is 3. The van der Waals surface area contributed by atoms with Gasteiger partial charge < -0.3 is 10.6 Å². The van der Waals surface area contributed by atoms with Crippen LogP contribution in [0.15, 0.2) is 85.2 Å². The number of benzene rings is 3. The molecule has 1 aliphatic heterocycles. The normalized spacial score (nSPS) is 12.3. The van der Waals surface area contributed by atoms with Crippen molar-refractivity contribution >= 4 is 40.6 Å². The summed E-state index contributed by atoms with van der Waals surface area (Å²) in [6.07, 6.45) is 1.47. The minimum atomic E-state index is -0.873. The molecule has 0 radical (unpaired) electrons. The summed E-state index contributed by atoms with van der Waals surface area (Å²) < 4.78 is 0. The van der Waals surface area contributed by atoms with Crippen LogP contribution in [0.4, 0.5) is 22.9 Å². The number of hydrogen-bond acceptors (Lipinski definition) is 8. The van der Waals surface area contributed by atoms with Crippen LogP contribution in [0.1, 0.15) is 20.7 Å². The Hall–Kier alpha value is -5.45. The maximum atomic E-state index is 12.7. The summed E-state index contributed by atoms with van der Waals surface area (Å²) >= 11 is 0. The molecule has 0 saturated heterocycles. The van der Waals surface area contributed by atoms with Gasteiger partial charge >= 0.3 is 0 Å². The number of carbonyl (C=O) groups is 3. The molecular formula is C26H18N6O5. The Labute approximate surface area is 209 Å². The molecule has 3 aromatic carbocycles. The van der Waals surface area contributed by atoms with E-state index in [0.717, 1.165) is 17.3 Å². The quantitative estimate of drug-likeness (QED) is 0.222. The van der Waals surface area contributed by atoms with Crippen molar-refractivity contribution in [3.63, 3.8) is 0 Å². The largest absolute Gasteiger partial charge is 0.340 e. The fraction of sp³-hybridized carbons (Fsp3) is 0.0385. The maximum absolute atomic E-state index is 12.7. The lowest BCUT2D eigenvalue weighted by Crippen LogP contribution is -2.37. The third-order valence-corrected chi connectivity index (χ3v) is 5.65. The van der Waals surface area contributed by atoms with E-state index in [1.54, 1.807) is 24.3 Å². The van der Waals surface area contributed by atoms with Gasteiger partial charge in [0.2, 0.25) is 5.91 Å². The molecule has 2 heterocycles. The smallest absolute Gasteiger partial charge is 0.282 e. The molecule has 2 N–H and O–H groups in total. The van der Waals surface area contributed by atoms with Gasteiger partial charge in [-0.2, -0.15) is 0 Å². The standard InChI is InChI=1S/C26H18N6O5/c33-23(14-31-25(34)19-7-4-8-21(32(36)37)24(19)26(31)35)30-18-11-9-17(10-12-18)29-22-13-20(27-15-28-22)16-5-2-1-3-6-16/h1-13,15H,14H2,(H,30,33)(H,27,28,29). The summed E-state index contributed by atoms with van der Waals surface area (Å²) in [5, 5.41) is 17.0. The van der Waals surface area contributed by atoms with E-state index in [9.17, 15) is 24.5 Å². The Morgan fingerprint density at radius 3 is 2.35 bits per heavy atom. The van der Waals surface area contributed by atoms with Gasteiger partial charge in [0.1, 0.15) is 24.3 Å². The Morgan fingerprint density at radius 1 is 0.892 bits per heavy atom. The fourth-order valence-corrected chi connectivity index (χ4v) is 3.93. The number of aromatic nitrogens is 2. The number of carbonyl (C=O) groups excluding carboxylic acids is 3. The van der Waals surface area contributed by atoms with Crippen LogP contribution < -0.4 is 10.6 Å². The van der Waals surface area contributed by atoms with Crippen LogP contribution in [0.25, 0.3) is 11.3 Å². The summed E-state index contributed by atoms with van der Waals surface area (Å²) in [7, 11) is 0. The average molecular weight is 494 g/mol. The van der Waals surface area contributed by atoms with Gasteiger partial charge in [-0.05, 0) is 30.3 Å². The van der Waals surface area contributed by atoms with Crippen LogP contribution >= 0.6 is 0 Å². The zero-order valence-corrected chi connectivity index (χ0v) is 19.1. The average Bonchev–Trinajstić information content (AvgIpc) is 3.15. The predicted octanol–water partition coefficient (Wildman–Crippen LogP) is 4.03. The zero-order chi connectivity index (χ0) is 25.9. The molecule has 0 unspecified atom stereocenters. The van der Waals surface area contributed by atoms with Gasteiger partial charge in [0.25, 0.3) is 17.5 Å². The molecule has 11 heteroatoms. The molecule has 0 aliphatic carbocycles.